The molecule has 108 valence electrons. The fraction of sp³-hybridized carbons (Fsp3) is 0.800. The maximum Gasteiger partial charge on any atom is 0.185 e. The predicted molar refractivity (Wildman–Crippen MR) is 83.8 cm³/mol. The van der Waals surface area contributed by atoms with Gasteiger partial charge >= 0.3 is 0 Å². The third-order valence-corrected chi connectivity index (χ3v) is 5.23. The molecule has 1 fully saturated rings. The Kier molecular flexibility index (Phi) is 4.85. The van der Waals surface area contributed by atoms with Crippen LogP contribution in [0.5, 0.6) is 0 Å². The summed E-state index contributed by atoms with van der Waals surface area (Å²) >= 11 is 1.81. The SMILES string of the molecule is CCCc1nc(N2CCCC(C)(C)CC2)sc1CN. The lowest BCUT2D eigenvalue weighted by atomic mass is 9.85. The summed E-state index contributed by atoms with van der Waals surface area (Å²) in [4.78, 5) is 8.60. The van der Waals surface area contributed by atoms with Gasteiger partial charge in [0.05, 0.1) is 5.69 Å². The fourth-order valence-electron chi connectivity index (χ4n) is 2.71. The van der Waals surface area contributed by atoms with Crippen molar-refractivity contribution >= 4 is 16.5 Å². The number of thiazole rings is 1. The van der Waals surface area contributed by atoms with Crippen molar-refractivity contribution in [3.05, 3.63) is 10.6 Å². The van der Waals surface area contributed by atoms with Gasteiger partial charge < -0.3 is 10.6 Å². The standard InChI is InChI=1S/C15H27N3S/c1-4-6-12-13(11-16)19-14(17-12)18-9-5-7-15(2,3)8-10-18/h4-11,16H2,1-3H3. The van der Waals surface area contributed by atoms with Crippen molar-refractivity contribution in [2.75, 3.05) is 18.0 Å². The molecule has 1 saturated heterocycles. The molecule has 0 aliphatic carbocycles. The zero-order valence-electron chi connectivity index (χ0n) is 12.5. The van der Waals surface area contributed by atoms with E-state index in [1.807, 2.05) is 0 Å². The van der Waals surface area contributed by atoms with E-state index >= 15 is 0 Å². The number of hydrogen-bond acceptors (Lipinski definition) is 4. The van der Waals surface area contributed by atoms with Crippen LogP contribution in [0.4, 0.5) is 5.13 Å². The molecule has 0 atom stereocenters. The van der Waals surface area contributed by atoms with E-state index in [0.717, 1.165) is 25.9 Å². The second kappa shape index (κ2) is 6.23. The van der Waals surface area contributed by atoms with Crippen molar-refractivity contribution in [1.82, 2.24) is 4.98 Å². The zero-order chi connectivity index (χ0) is 13.9. The smallest absolute Gasteiger partial charge is 0.185 e. The molecule has 1 aliphatic heterocycles. The molecule has 0 saturated carbocycles. The molecule has 0 amide bonds. The van der Waals surface area contributed by atoms with E-state index in [9.17, 15) is 0 Å². The number of nitrogens with zero attached hydrogens (tertiary/aromatic N) is 2. The third kappa shape index (κ3) is 3.69. The summed E-state index contributed by atoms with van der Waals surface area (Å²) in [7, 11) is 0. The van der Waals surface area contributed by atoms with E-state index in [1.54, 1.807) is 11.3 Å². The number of aromatic nitrogens is 1. The van der Waals surface area contributed by atoms with Gasteiger partial charge in [0.2, 0.25) is 0 Å². The highest BCUT2D eigenvalue weighted by Gasteiger charge is 2.24. The molecular weight excluding hydrogens is 254 g/mol. The summed E-state index contributed by atoms with van der Waals surface area (Å²) in [5, 5.41) is 1.20. The molecule has 0 unspecified atom stereocenters. The molecule has 1 aromatic heterocycles. The minimum Gasteiger partial charge on any atom is -0.348 e. The van der Waals surface area contributed by atoms with Crippen LogP contribution in [0.1, 0.15) is 57.0 Å². The molecular formula is C15H27N3S. The van der Waals surface area contributed by atoms with Crippen molar-refractivity contribution in [3.8, 4) is 0 Å². The molecule has 2 N–H and O–H groups in total. The molecule has 0 radical (unpaired) electrons. The van der Waals surface area contributed by atoms with Gasteiger partial charge in [-0.2, -0.15) is 0 Å². The Morgan fingerprint density at radius 1 is 1.32 bits per heavy atom. The van der Waals surface area contributed by atoms with Gasteiger partial charge in [-0.15, -0.1) is 11.3 Å². The van der Waals surface area contributed by atoms with Gasteiger partial charge in [0.25, 0.3) is 0 Å². The second-order valence-corrected chi connectivity index (χ2v) is 7.39. The maximum absolute atomic E-state index is 5.85. The number of anilines is 1. The predicted octanol–water partition coefficient (Wildman–Crippen LogP) is 3.57. The number of nitrogens with two attached hydrogens (primary N) is 1. The van der Waals surface area contributed by atoms with E-state index in [4.69, 9.17) is 10.7 Å². The van der Waals surface area contributed by atoms with Crippen LogP contribution in [-0.4, -0.2) is 18.1 Å². The molecule has 1 aliphatic rings. The maximum atomic E-state index is 5.85. The van der Waals surface area contributed by atoms with Crippen LogP contribution in [-0.2, 0) is 13.0 Å². The Hall–Kier alpha value is -0.610. The van der Waals surface area contributed by atoms with Crippen LogP contribution >= 0.6 is 11.3 Å². The number of rotatable bonds is 4. The van der Waals surface area contributed by atoms with Gasteiger partial charge in [-0.1, -0.05) is 27.2 Å². The average molecular weight is 281 g/mol. The number of aryl methyl sites for hydroxylation is 1. The van der Waals surface area contributed by atoms with Crippen LogP contribution in [0.2, 0.25) is 0 Å². The van der Waals surface area contributed by atoms with Gasteiger partial charge in [-0.3, -0.25) is 0 Å². The average Bonchev–Trinajstić information content (AvgIpc) is 2.67. The number of hydrogen-bond donors (Lipinski definition) is 1. The summed E-state index contributed by atoms with van der Waals surface area (Å²) < 4.78 is 0. The Balaban J connectivity index is 2.12. The molecule has 2 rings (SSSR count). The molecule has 3 nitrogen and oxygen atoms in total. The highest BCUT2D eigenvalue weighted by atomic mass is 32.1. The largest absolute Gasteiger partial charge is 0.348 e. The lowest BCUT2D eigenvalue weighted by Crippen LogP contribution is -2.24. The summed E-state index contributed by atoms with van der Waals surface area (Å²) in [5.74, 6) is 0. The van der Waals surface area contributed by atoms with E-state index < -0.39 is 0 Å². The fourth-order valence-corrected chi connectivity index (χ4v) is 3.75. The molecule has 0 aromatic carbocycles. The van der Waals surface area contributed by atoms with Gasteiger partial charge in [0, 0.05) is 24.5 Å². The Labute approximate surface area is 121 Å². The van der Waals surface area contributed by atoms with Crippen molar-refractivity contribution in [2.45, 2.75) is 59.4 Å². The van der Waals surface area contributed by atoms with Crippen LogP contribution < -0.4 is 10.6 Å². The summed E-state index contributed by atoms with van der Waals surface area (Å²) in [6.45, 7) is 9.88. The zero-order valence-corrected chi connectivity index (χ0v) is 13.4. The Morgan fingerprint density at radius 3 is 2.79 bits per heavy atom. The first-order valence-corrected chi connectivity index (χ1v) is 8.31. The van der Waals surface area contributed by atoms with Crippen molar-refractivity contribution in [1.29, 1.82) is 0 Å². The molecule has 2 heterocycles. The van der Waals surface area contributed by atoms with Crippen molar-refractivity contribution in [2.24, 2.45) is 11.1 Å². The van der Waals surface area contributed by atoms with Crippen LogP contribution in [0, 0.1) is 5.41 Å². The van der Waals surface area contributed by atoms with Gasteiger partial charge in [0.15, 0.2) is 5.13 Å². The molecule has 19 heavy (non-hydrogen) atoms. The van der Waals surface area contributed by atoms with Crippen molar-refractivity contribution in [3.63, 3.8) is 0 Å². The minimum absolute atomic E-state index is 0.481. The normalized spacial score (nSPS) is 19.5. The Morgan fingerprint density at radius 2 is 2.11 bits per heavy atom. The highest BCUT2D eigenvalue weighted by molar-refractivity contribution is 7.15. The van der Waals surface area contributed by atoms with E-state index in [-0.39, 0.29) is 0 Å². The topological polar surface area (TPSA) is 42.2 Å². The summed E-state index contributed by atoms with van der Waals surface area (Å²) in [5.41, 5.74) is 7.56. The molecule has 4 heteroatoms. The van der Waals surface area contributed by atoms with Crippen LogP contribution in [0.3, 0.4) is 0 Å². The quantitative estimate of drug-likeness (QED) is 0.917. The summed E-state index contributed by atoms with van der Waals surface area (Å²) in [6.07, 6.45) is 6.05. The Bertz CT molecular complexity index is 412. The minimum atomic E-state index is 0.481. The van der Waals surface area contributed by atoms with E-state index in [0.29, 0.717) is 12.0 Å². The molecule has 1 aromatic rings. The molecule has 0 bridgehead atoms. The highest BCUT2D eigenvalue weighted by Crippen LogP contribution is 2.34. The van der Waals surface area contributed by atoms with Gasteiger partial charge in [-0.05, 0) is 31.1 Å². The monoisotopic (exact) mass is 281 g/mol. The first-order chi connectivity index (χ1) is 9.05. The summed E-state index contributed by atoms with van der Waals surface area (Å²) in [6, 6.07) is 0. The first-order valence-electron chi connectivity index (χ1n) is 7.49. The van der Waals surface area contributed by atoms with Crippen LogP contribution in [0.25, 0.3) is 0 Å². The van der Waals surface area contributed by atoms with Crippen molar-refractivity contribution < 1.29 is 0 Å². The molecule has 0 spiro atoms. The lowest BCUT2D eigenvalue weighted by molar-refractivity contribution is 0.325. The lowest BCUT2D eigenvalue weighted by Gasteiger charge is -2.22. The van der Waals surface area contributed by atoms with Crippen LogP contribution in [0.15, 0.2) is 0 Å². The van der Waals surface area contributed by atoms with Gasteiger partial charge in [0.1, 0.15) is 0 Å². The third-order valence-electron chi connectivity index (χ3n) is 4.05. The second-order valence-electron chi connectivity index (χ2n) is 6.33. The first kappa shape index (κ1) is 14.8. The van der Waals surface area contributed by atoms with Gasteiger partial charge in [-0.25, -0.2) is 4.98 Å². The van der Waals surface area contributed by atoms with E-state index in [2.05, 4.69) is 25.7 Å². The van der Waals surface area contributed by atoms with E-state index in [1.165, 1.54) is 35.0 Å².